The van der Waals surface area contributed by atoms with Gasteiger partial charge in [-0.2, -0.15) is 0 Å². The molecular formula is C22H36IN5O. The second kappa shape index (κ2) is 12.8. The van der Waals surface area contributed by atoms with E-state index in [4.69, 9.17) is 0 Å². The van der Waals surface area contributed by atoms with Crippen molar-refractivity contribution in [1.29, 1.82) is 0 Å². The Labute approximate surface area is 192 Å². The number of aliphatic imine (C=N–C) groups is 1. The number of nitrogens with zero attached hydrogens (tertiary/aromatic N) is 3. The smallest absolute Gasteiger partial charge is 0.253 e. The number of likely N-dealkylation sites (tertiary alicyclic amines) is 1. The molecule has 162 valence electrons. The number of hydrogen-bond acceptors (Lipinski definition) is 3. The SMILES string of the molecule is C=C(C)CN1CCC(NC(=NC)NCCc2cccc(C(=O)N(C)C)c2)CC1.I. The van der Waals surface area contributed by atoms with Gasteiger partial charge in [0.15, 0.2) is 5.96 Å². The standard InChI is InChI=1S/C22H35N5O.HI/c1-17(2)16-27-13-10-20(11-14-27)25-22(23-3)24-12-9-18-7-6-8-19(15-18)21(28)26(4)5;/h6-8,15,20H,1,9-14,16H2,2-5H3,(H2,23,24,25);1H. The maximum Gasteiger partial charge on any atom is 0.253 e. The summed E-state index contributed by atoms with van der Waals surface area (Å²) in [5.41, 5.74) is 3.09. The van der Waals surface area contributed by atoms with Crippen LogP contribution in [-0.4, -0.2) is 75.0 Å². The van der Waals surface area contributed by atoms with E-state index in [0.717, 1.165) is 62.5 Å². The summed E-state index contributed by atoms with van der Waals surface area (Å²) in [4.78, 5) is 20.5. The van der Waals surface area contributed by atoms with Gasteiger partial charge < -0.3 is 15.5 Å². The lowest BCUT2D eigenvalue weighted by Gasteiger charge is -2.33. The number of amides is 1. The van der Waals surface area contributed by atoms with Gasteiger partial charge in [-0.3, -0.25) is 14.7 Å². The quantitative estimate of drug-likeness (QED) is 0.255. The lowest BCUT2D eigenvalue weighted by atomic mass is 10.0. The summed E-state index contributed by atoms with van der Waals surface area (Å²) in [5.74, 6) is 0.879. The van der Waals surface area contributed by atoms with Gasteiger partial charge in [-0.1, -0.05) is 24.3 Å². The summed E-state index contributed by atoms with van der Waals surface area (Å²) in [7, 11) is 5.35. The zero-order chi connectivity index (χ0) is 20.5. The van der Waals surface area contributed by atoms with Crippen LogP contribution in [0.15, 0.2) is 41.4 Å². The molecule has 1 heterocycles. The first-order valence-electron chi connectivity index (χ1n) is 10.0. The number of nitrogens with one attached hydrogen (secondary N) is 2. The fraction of sp³-hybridized carbons (Fsp3) is 0.545. The zero-order valence-electron chi connectivity index (χ0n) is 18.2. The lowest BCUT2D eigenvalue weighted by molar-refractivity contribution is 0.0827. The van der Waals surface area contributed by atoms with Crippen molar-refractivity contribution >= 4 is 35.8 Å². The molecule has 0 spiro atoms. The summed E-state index contributed by atoms with van der Waals surface area (Å²) >= 11 is 0. The van der Waals surface area contributed by atoms with Gasteiger partial charge in [0.2, 0.25) is 0 Å². The first-order chi connectivity index (χ1) is 13.4. The molecule has 0 aromatic heterocycles. The van der Waals surface area contributed by atoms with Crippen LogP contribution in [0.4, 0.5) is 0 Å². The molecule has 1 saturated heterocycles. The predicted molar refractivity (Wildman–Crippen MR) is 132 cm³/mol. The van der Waals surface area contributed by atoms with Crippen LogP contribution < -0.4 is 10.6 Å². The molecule has 6 nitrogen and oxygen atoms in total. The highest BCUT2D eigenvalue weighted by Gasteiger charge is 2.19. The van der Waals surface area contributed by atoms with Crippen LogP contribution in [0.3, 0.4) is 0 Å². The minimum absolute atomic E-state index is 0. The molecule has 1 amide bonds. The Hall–Kier alpha value is -1.61. The number of carbonyl (C=O) groups is 1. The average Bonchev–Trinajstić information content (AvgIpc) is 2.67. The number of carbonyl (C=O) groups excluding carboxylic acids is 1. The fourth-order valence-electron chi connectivity index (χ4n) is 3.45. The Kier molecular flexibility index (Phi) is 11.3. The van der Waals surface area contributed by atoms with Crippen LogP contribution in [0.25, 0.3) is 0 Å². The van der Waals surface area contributed by atoms with Crippen LogP contribution in [0.5, 0.6) is 0 Å². The average molecular weight is 513 g/mol. The molecule has 0 aliphatic carbocycles. The van der Waals surface area contributed by atoms with Gasteiger partial charge in [0.1, 0.15) is 0 Å². The lowest BCUT2D eigenvalue weighted by Crippen LogP contribution is -2.49. The Morgan fingerprint density at radius 3 is 2.59 bits per heavy atom. The van der Waals surface area contributed by atoms with Crippen LogP contribution >= 0.6 is 24.0 Å². The molecule has 0 unspecified atom stereocenters. The number of piperidine rings is 1. The van der Waals surface area contributed by atoms with Crippen molar-refractivity contribution in [3.63, 3.8) is 0 Å². The third-order valence-corrected chi connectivity index (χ3v) is 4.93. The van der Waals surface area contributed by atoms with E-state index in [2.05, 4.69) is 40.1 Å². The molecule has 2 N–H and O–H groups in total. The maximum absolute atomic E-state index is 12.1. The number of halogens is 1. The number of guanidine groups is 1. The minimum Gasteiger partial charge on any atom is -0.356 e. The second-order valence-corrected chi connectivity index (χ2v) is 7.80. The van der Waals surface area contributed by atoms with Crippen molar-refractivity contribution < 1.29 is 4.79 Å². The second-order valence-electron chi connectivity index (χ2n) is 7.80. The fourth-order valence-corrected chi connectivity index (χ4v) is 3.45. The summed E-state index contributed by atoms with van der Waals surface area (Å²) in [6.07, 6.45) is 3.07. The summed E-state index contributed by atoms with van der Waals surface area (Å²) < 4.78 is 0. The molecule has 1 aromatic carbocycles. The number of hydrogen-bond donors (Lipinski definition) is 2. The van der Waals surface area contributed by atoms with Gasteiger partial charge in [-0.25, -0.2) is 0 Å². The topological polar surface area (TPSA) is 60.0 Å². The largest absolute Gasteiger partial charge is 0.356 e. The van der Waals surface area contributed by atoms with Crippen molar-refractivity contribution in [2.75, 3.05) is 47.3 Å². The summed E-state index contributed by atoms with van der Waals surface area (Å²) in [6, 6.07) is 8.28. The Morgan fingerprint density at radius 1 is 1.31 bits per heavy atom. The van der Waals surface area contributed by atoms with Gasteiger partial charge in [0.25, 0.3) is 5.91 Å². The van der Waals surface area contributed by atoms with Crippen LogP contribution in [0.2, 0.25) is 0 Å². The summed E-state index contributed by atoms with van der Waals surface area (Å²) in [6.45, 7) is 10.0. The van der Waals surface area contributed by atoms with E-state index >= 15 is 0 Å². The molecule has 0 saturated carbocycles. The monoisotopic (exact) mass is 513 g/mol. The molecular weight excluding hydrogens is 477 g/mol. The summed E-state index contributed by atoms with van der Waals surface area (Å²) in [5, 5.41) is 6.94. The Morgan fingerprint density at radius 2 is 2.00 bits per heavy atom. The molecule has 7 heteroatoms. The molecule has 29 heavy (non-hydrogen) atoms. The van der Waals surface area contributed by atoms with Crippen molar-refractivity contribution in [3.05, 3.63) is 47.5 Å². The number of rotatable bonds is 7. The maximum atomic E-state index is 12.1. The van der Waals surface area contributed by atoms with Crippen LogP contribution in [-0.2, 0) is 6.42 Å². The molecule has 2 rings (SSSR count). The minimum atomic E-state index is 0. The molecule has 1 aromatic rings. The highest BCUT2D eigenvalue weighted by molar-refractivity contribution is 14.0. The van der Waals surface area contributed by atoms with Crippen LogP contribution in [0, 0.1) is 0 Å². The van der Waals surface area contributed by atoms with Gasteiger partial charge in [0.05, 0.1) is 0 Å². The van der Waals surface area contributed by atoms with E-state index in [1.807, 2.05) is 25.2 Å². The van der Waals surface area contributed by atoms with Gasteiger partial charge in [0, 0.05) is 58.9 Å². The van der Waals surface area contributed by atoms with E-state index in [0.29, 0.717) is 6.04 Å². The van der Waals surface area contributed by atoms with E-state index < -0.39 is 0 Å². The molecule has 1 aliphatic rings. The normalized spacial score (nSPS) is 15.4. The molecule has 1 aliphatic heterocycles. The van der Waals surface area contributed by atoms with Gasteiger partial charge >= 0.3 is 0 Å². The Bertz CT molecular complexity index is 696. The number of benzene rings is 1. The predicted octanol–water partition coefficient (Wildman–Crippen LogP) is 2.75. The Balaban J connectivity index is 0.00000420. The van der Waals surface area contributed by atoms with Gasteiger partial charge in [-0.15, -0.1) is 24.0 Å². The van der Waals surface area contributed by atoms with Crippen molar-refractivity contribution in [3.8, 4) is 0 Å². The third kappa shape index (κ3) is 8.74. The molecule has 0 atom stereocenters. The van der Waals surface area contributed by atoms with Gasteiger partial charge in [-0.05, 0) is 43.9 Å². The van der Waals surface area contributed by atoms with E-state index in [9.17, 15) is 4.79 Å². The first-order valence-corrected chi connectivity index (χ1v) is 10.0. The molecule has 1 fully saturated rings. The molecule has 0 radical (unpaired) electrons. The van der Waals surface area contributed by atoms with E-state index in [1.165, 1.54) is 5.57 Å². The first kappa shape index (κ1) is 25.4. The van der Waals surface area contributed by atoms with Crippen molar-refractivity contribution in [1.82, 2.24) is 20.4 Å². The third-order valence-electron chi connectivity index (χ3n) is 4.93. The molecule has 0 bridgehead atoms. The zero-order valence-corrected chi connectivity index (χ0v) is 20.5. The highest BCUT2D eigenvalue weighted by Crippen LogP contribution is 2.11. The van der Waals surface area contributed by atoms with E-state index in [1.54, 1.807) is 19.0 Å². The van der Waals surface area contributed by atoms with Crippen LogP contribution in [0.1, 0.15) is 35.7 Å². The van der Waals surface area contributed by atoms with Crippen molar-refractivity contribution in [2.24, 2.45) is 4.99 Å². The highest BCUT2D eigenvalue weighted by atomic mass is 127. The van der Waals surface area contributed by atoms with Crippen molar-refractivity contribution in [2.45, 2.75) is 32.2 Å². The van der Waals surface area contributed by atoms with E-state index in [-0.39, 0.29) is 29.9 Å².